The highest BCUT2D eigenvalue weighted by Crippen LogP contribution is 2.21. The van der Waals surface area contributed by atoms with Gasteiger partial charge in [-0.3, -0.25) is 0 Å². The van der Waals surface area contributed by atoms with Crippen molar-refractivity contribution in [2.24, 2.45) is 0 Å². The molecule has 0 saturated heterocycles. The molecule has 0 radical (unpaired) electrons. The van der Waals surface area contributed by atoms with Crippen LogP contribution in [0, 0.1) is 0 Å². The van der Waals surface area contributed by atoms with Gasteiger partial charge in [-0.05, 0) is 30.2 Å². The van der Waals surface area contributed by atoms with E-state index in [1.54, 1.807) is 19.1 Å². The Morgan fingerprint density at radius 1 is 1.33 bits per heavy atom. The summed E-state index contributed by atoms with van der Waals surface area (Å²) in [5.41, 5.74) is 1.28. The molecule has 3 nitrogen and oxygen atoms in total. The highest BCUT2D eigenvalue weighted by molar-refractivity contribution is 7.90. The van der Waals surface area contributed by atoms with Gasteiger partial charge in [-0.15, -0.1) is 0 Å². The van der Waals surface area contributed by atoms with E-state index in [2.05, 4.69) is 6.58 Å². The van der Waals surface area contributed by atoms with E-state index >= 15 is 0 Å². The van der Waals surface area contributed by atoms with Gasteiger partial charge < -0.3 is 5.11 Å². The van der Waals surface area contributed by atoms with Gasteiger partial charge in [0.1, 0.15) is 0 Å². The Morgan fingerprint density at radius 3 is 2.13 bits per heavy atom. The first-order chi connectivity index (χ1) is 6.82. The fourth-order valence-electron chi connectivity index (χ4n) is 1.18. The Balaban J connectivity index is 3.06. The second-order valence-corrected chi connectivity index (χ2v) is 5.61. The molecule has 0 amide bonds. The maximum atomic E-state index is 11.2. The second-order valence-electron chi connectivity index (χ2n) is 3.59. The van der Waals surface area contributed by atoms with Crippen molar-refractivity contribution in [3.05, 3.63) is 42.0 Å². The Morgan fingerprint density at radius 2 is 1.80 bits per heavy atom. The number of benzene rings is 1. The van der Waals surface area contributed by atoms with Crippen LogP contribution >= 0.6 is 0 Å². The highest BCUT2D eigenvalue weighted by Gasteiger charge is 2.10. The average Bonchev–Trinajstić information content (AvgIpc) is 2.15. The minimum atomic E-state index is -3.17. The van der Waals surface area contributed by atoms with E-state index in [9.17, 15) is 13.5 Å². The summed E-state index contributed by atoms with van der Waals surface area (Å²) >= 11 is 0. The van der Waals surface area contributed by atoms with Crippen molar-refractivity contribution in [1.29, 1.82) is 0 Å². The van der Waals surface area contributed by atoms with Crippen molar-refractivity contribution >= 4 is 9.84 Å². The lowest BCUT2D eigenvalue weighted by molar-refractivity contribution is 0.216. The molecule has 0 saturated carbocycles. The first-order valence-electron chi connectivity index (χ1n) is 4.46. The fraction of sp³-hybridized carbons (Fsp3) is 0.273. The Bertz CT molecular complexity index is 457. The van der Waals surface area contributed by atoms with Crippen molar-refractivity contribution < 1.29 is 13.5 Å². The summed E-state index contributed by atoms with van der Waals surface area (Å²) in [4.78, 5) is 0.250. The molecule has 0 heterocycles. The molecule has 0 spiro atoms. The lowest BCUT2D eigenvalue weighted by atomic mass is 10.0. The molecule has 0 aliphatic carbocycles. The van der Waals surface area contributed by atoms with Crippen LogP contribution in [0.4, 0.5) is 0 Å². The third kappa shape index (κ3) is 2.91. The summed E-state index contributed by atoms with van der Waals surface area (Å²) in [7, 11) is -3.17. The number of aliphatic hydroxyl groups excluding tert-OH is 1. The molecule has 0 bridgehead atoms. The highest BCUT2D eigenvalue weighted by atomic mass is 32.2. The van der Waals surface area contributed by atoms with Crippen molar-refractivity contribution in [2.75, 3.05) is 6.26 Å². The van der Waals surface area contributed by atoms with Crippen molar-refractivity contribution in [1.82, 2.24) is 0 Å². The van der Waals surface area contributed by atoms with Gasteiger partial charge in [-0.1, -0.05) is 18.7 Å². The number of hydrogen-bond acceptors (Lipinski definition) is 3. The van der Waals surface area contributed by atoms with Gasteiger partial charge in [0.25, 0.3) is 0 Å². The van der Waals surface area contributed by atoms with Gasteiger partial charge in [0.15, 0.2) is 9.84 Å². The maximum Gasteiger partial charge on any atom is 0.175 e. The minimum Gasteiger partial charge on any atom is -0.384 e. The third-order valence-corrected chi connectivity index (χ3v) is 3.22. The second kappa shape index (κ2) is 4.16. The molecule has 1 aromatic carbocycles. The molecule has 0 fully saturated rings. The molecule has 0 aliphatic rings. The van der Waals surface area contributed by atoms with Crippen LogP contribution in [0.1, 0.15) is 18.6 Å². The van der Waals surface area contributed by atoms with Gasteiger partial charge in [0.2, 0.25) is 0 Å². The smallest absolute Gasteiger partial charge is 0.175 e. The topological polar surface area (TPSA) is 54.4 Å². The summed E-state index contributed by atoms with van der Waals surface area (Å²) in [6.45, 7) is 5.35. The zero-order valence-electron chi connectivity index (χ0n) is 8.77. The molecule has 15 heavy (non-hydrogen) atoms. The monoisotopic (exact) mass is 226 g/mol. The lowest BCUT2D eigenvalue weighted by Gasteiger charge is -2.10. The Hall–Kier alpha value is -1.13. The van der Waals surface area contributed by atoms with Gasteiger partial charge in [0.05, 0.1) is 11.0 Å². The number of hydrogen-bond donors (Lipinski definition) is 1. The third-order valence-electron chi connectivity index (χ3n) is 2.09. The first-order valence-corrected chi connectivity index (χ1v) is 6.35. The molecule has 82 valence electrons. The summed E-state index contributed by atoms with van der Waals surface area (Å²) in [5.74, 6) is 0. The van der Waals surface area contributed by atoms with Crippen LogP contribution < -0.4 is 0 Å². The standard InChI is InChI=1S/C11H14O3S/c1-8(2)11(12)9-4-6-10(7-5-9)15(3,13)14/h4-7,11-12H,1H2,2-3H3. The van der Waals surface area contributed by atoms with Crippen LogP contribution in [0.5, 0.6) is 0 Å². The van der Waals surface area contributed by atoms with E-state index in [0.29, 0.717) is 11.1 Å². The maximum absolute atomic E-state index is 11.2. The molecular formula is C11H14O3S. The van der Waals surface area contributed by atoms with Crippen LogP contribution in [0.25, 0.3) is 0 Å². The molecule has 0 aromatic heterocycles. The van der Waals surface area contributed by atoms with Crippen LogP contribution in [0.2, 0.25) is 0 Å². The van der Waals surface area contributed by atoms with Crippen LogP contribution in [0.15, 0.2) is 41.3 Å². The number of sulfone groups is 1. The minimum absolute atomic E-state index is 0.250. The van der Waals surface area contributed by atoms with E-state index in [4.69, 9.17) is 0 Å². The zero-order valence-corrected chi connectivity index (χ0v) is 9.58. The van der Waals surface area contributed by atoms with Gasteiger partial charge in [-0.2, -0.15) is 0 Å². The van der Waals surface area contributed by atoms with E-state index in [-0.39, 0.29) is 4.90 Å². The van der Waals surface area contributed by atoms with Gasteiger partial charge in [-0.25, -0.2) is 8.42 Å². The summed E-state index contributed by atoms with van der Waals surface area (Å²) < 4.78 is 22.3. The van der Waals surface area contributed by atoms with E-state index in [0.717, 1.165) is 6.26 Å². The molecule has 1 N–H and O–H groups in total. The van der Waals surface area contributed by atoms with E-state index < -0.39 is 15.9 Å². The number of rotatable bonds is 3. The SMILES string of the molecule is C=C(C)C(O)c1ccc(S(C)(=O)=O)cc1. The van der Waals surface area contributed by atoms with Gasteiger partial charge in [0, 0.05) is 6.26 Å². The molecule has 4 heteroatoms. The molecule has 1 atom stereocenters. The fourth-order valence-corrected chi connectivity index (χ4v) is 1.81. The summed E-state index contributed by atoms with van der Waals surface area (Å²) in [5, 5.41) is 9.64. The largest absolute Gasteiger partial charge is 0.384 e. The van der Waals surface area contributed by atoms with Crippen LogP contribution in [0.3, 0.4) is 0 Å². The predicted molar refractivity (Wildman–Crippen MR) is 59.3 cm³/mol. The molecule has 0 aliphatic heterocycles. The Kier molecular flexibility index (Phi) is 3.31. The molecule has 1 rings (SSSR count). The van der Waals surface area contributed by atoms with Crippen molar-refractivity contribution in [2.45, 2.75) is 17.9 Å². The zero-order chi connectivity index (χ0) is 11.6. The Labute approximate surface area is 90.0 Å². The summed E-state index contributed by atoms with van der Waals surface area (Å²) in [6.07, 6.45) is 0.413. The molecule has 1 aromatic rings. The van der Waals surface area contributed by atoms with Crippen molar-refractivity contribution in [3.63, 3.8) is 0 Å². The average molecular weight is 226 g/mol. The molecule has 1 unspecified atom stereocenters. The summed E-state index contributed by atoms with van der Waals surface area (Å²) in [6, 6.07) is 6.15. The molecular weight excluding hydrogens is 212 g/mol. The van der Waals surface area contributed by atoms with E-state index in [1.165, 1.54) is 12.1 Å². The normalized spacial score (nSPS) is 13.5. The quantitative estimate of drug-likeness (QED) is 0.798. The lowest BCUT2D eigenvalue weighted by Crippen LogP contribution is -2.00. The van der Waals surface area contributed by atoms with E-state index in [1.807, 2.05) is 0 Å². The first kappa shape index (κ1) is 11.9. The van der Waals surface area contributed by atoms with Crippen LogP contribution in [-0.4, -0.2) is 19.8 Å². The predicted octanol–water partition coefficient (Wildman–Crippen LogP) is 1.70. The number of aliphatic hydroxyl groups is 1. The van der Waals surface area contributed by atoms with Crippen LogP contribution in [-0.2, 0) is 9.84 Å². The van der Waals surface area contributed by atoms with Crippen molar-refractivity contribution in [3.8, 4) is 0 Å². The van der Waals surface area contributed by atoms with Gasteiger partial charge >= 0.3 is 0 Å².